The van der Waals surface area contributed by atoms with Gasteiger partial charge in [-0.2, -0.15) is 0 Å². The van der Waals surface area contributed by atoms with Crippen LogP contribution in [0, 0.1) is 0 Å². The number of rotatable bonds is 5. The van der Waals surface area contributed by atoms with E-state index in [0.717, 1.165) is 30.3 Å². The minimum absolute atomic E-state index is 0.253. The smallest absolute Gasteiger partial charge is 0.352 e. The first-order valence-corrected chi connectivity index (χ1v) is 7.33. The standard InChI is InChI=1S/C15H19N5O2/c1-19-10-12(6-13(19)14(21)22)16-7-11-8-17-15(18-9-11)20-4-2-3-5-20/h6,8-10,16H,2-5,7H2,1H3,(H,21,22). The number of aromatic nitrogens is 3. The van der Waals surface area contributed by atoms with Gasteiger partial charge in [-0.15, -0.1) is 0 Å². The number of aryl methyl sites for hydroxylation is 1. The van der Waals surface area contributed by atoms with E-state index >= 15 is 0 Å². The molecule has 22 heavy (non-hydrogen) atoms. The van der Waals surface area contributed by atoms with Gasteiger partial charge in [0.1, 0.15) is 5.69 Å². The summed E-state index contributed by atoms with van der Waals surface area (Å²) < 4.78 is 1.58. The molecule has 116 valence electrons. The zero-order valence-electron chi connectivity index (χ0n) is 12.5. The Labute approximate surface area is 128 Å². The van der Waals surface area contributed by atoms with Crippen LogP contribution in [-0.4, -0.2) is 38.7 Å². The van der Waals surface area contributed by atoms with Crippen LogP contribution in [0.1, 0.15) is 28.9 Å². The lowest BCUT2D eigenvalue weighted by Gasteiger charge is -2.14. The van der Waals surface area contributed by atoms with E-state index in [1.807, 2.05) is 12.4 Å². The molecule has 2 aromatic rings. The molecule has 0 saturated carbocycles. The second kappa shape index (κ2) is 6.05. The van der Waals surface area contributed by atoms with E-state index < -0.39 is 5.97 Å². The zero-order valence-corrected chi connectivity index (χ0v) is 12.5. The van der Waals surface area contributed by atoms with Crippen molar-refractivity contribution in [2.24, 2.45) is 7.05 Å². The number of hydrogen-bond donors (Lipinski definition) is 2. The summed E-state index contributed by atoms with van der Waals surface area (Å²) in [6.07, 6.45) is 7.78. The molecule has 0 aromatic carbocycles. The van der Waals surface area contributed by atoms with E-state index in [1.54, 1.807) is 23.9 Å². The van der Waals surface area contributed by atoms with Gasteiger partial charge < -0.3 is 19.9 Å². The third-order valence-corrected chi connectivity index (χ3v) is 3.80. The van der Waals surface area contributed by atoms with Gasteiger partial charge in [-0.25, -0.2) is 14.8 Å². The molecule has 1 aliphatic rings. The van der Waals surface area contributed by atoms with Crippen molar-refractivity contribution < 1.29 is 9.90 Å². The van der Waals surface area contributed by atoms with Crippen LogP contribution in [-0.2, 0) is 13.6 Å². The highest BCUT2D eigenvalue weighted by Crippen LogP contribution is 2.16. The van der Waals surface area contributed by atoms with Crippen LogP contribution in [0.3, 0.4) is 0 Å². The van der Waals surface area contributed by atoms with Gasteiger partial charge in [0.25, 0.3) is 0 Å². The van der Waals surface area contributed by atoms with Crippen molar-refractivity contribution in [3.05, 3.63) is 35.9 Å². The van der Waals surface area contributed by atoms with Gasteiger partial charge in [0.05, 0.1) is 5.69 Å². The normalized spacial score (nSPS) is 14.3. The Hall–Kier alpha value is -2.57. The molecule has 7 heteroatoms. The highest BCUT2D eigenvalue weighted by molar-refractivity contribution is 5.87. The number of carbonyl (C=O) groups is 1. The number of aromatic carboxylic acids is 1. The minimum atomic E-state index is -0.936. The summed E-state index contributed by atoms with van der Waals surface area (Å²) in [6, 6.07) is 1.61. The zero-order chi connectivity index (χ0) is 15.5. The first kappa shape index (κ1) is 14.4. The highest BCUT2D eigenvalue weighted by Gasteiger charge is 2.14. The van der Waals surface area contributed by atoms with Crippen LogP contribution < -0.4 is 10.2 Å². The van der Waals surface area contributed by atoms with Crippen molar-refractivity contribution in [3.8, 4) is 0 Å². The van der Waals surface area contributed by atoms with Crippen LogP contribution in [0.5, 0.6) is 0 Å². The Morgan fingerprint density at radius 3 is 2.59 bits per heavy atom. The van der Waals surface area contributed by atoms with Crippen molar-refractivity contribution in [2.45, 2.75) is 19.4 Å². The predicted molar refractivity (Wildman–Crippen MR) is 83.2 cm³/mol. The van der Waals surface area contributed by atoms with E-state index in [4.69, 9.17) is 5.11 Å². The summed E-state index contributed by atoms with van der Waals surface area (Å²) in [4.78, 5) is 22.0. The van der Waals surface area contributed by atoms with Crippen molar-refractivity contribution in [2.75, 3.05) is 23.3 Å². The average Bonchev–Trinajstić information content (AvgIpc) is 3.15. The van der Waals surface area contributed by atoms with Crippen molar-refractivity contribution in [3.63, 3.8) is 0 Å². The van der Waals surface area contributed by atoms with Crippen LogP contribution in [0.2, 0.25) is 0 Å². The fourth-order valence-corrected chi connectivity index (χ4v) is 2.60. The summed E-state index contributed by atoms with van der Waals surface area (Å²) in [5, 5.41) is 12.2. The number of carboxylic acid groups (broad SMARTS) is 1. The van der Waals surface area contributed by atoms with Crippen LogP contribution in [0.4, 0.5) is 11.6 Å². The largest absolute Gasteiger partial charge is 0.477 e. The van der Waals surface area contributed by atoms with E-state index in [-0.39, 0.29) is 5.69 Å². The Bertz CT molecular complexity index is 659. The van der Waals surface area contributed by atoms with Gasteiger partial charge in [0, 0.05) is 50.8 Å². The molecule has 0 radical (unpaired) electrons. The van der Waals surface area contributed by atoms with Gasteiger partial charge in [0.2, 0.25) is 5.95 Å². The Balaban J connectivity index is 1.61. The van der Waals surface area contributed by atoms with Gasteiger partial charge >= 0.3 is 5.97 Å². The molecular weight excluding hydrogens is 282 g/mol. The molecule has 1 saturated heterocycles. The number of nitrogens with zero attached hydrogens (tertiary/aromatic N) is 4. The fraction of sp³-hybridized carbons (Fsp3) is 0.400. The molecule has 3 heterocycles. The Kier molecular flexibility index (Phi) is 3.95. The number of nitrogens with one attached hydrogen (secondary N) is 1. The molecule has 0 aliphatic carbocycles. The topological polar surface area (TPSA) is 83.3 Å². The monoisotopic (exact) mass is 301 g/mol. The first-order chi connectivity index (χ1) is 10.6. The highest BCUT2D eigenvalue weighted by atomic mass is 16.4. The van der Waals surface area contributed by atoms with E-state index in [1.165, 1.54) is 12.8 Å². The summed E-state index contributed by atoms with van der Waals surface area (Å²) in [5.74, 6) is -0.150. The van der Waals surface area contributed by atoms with Gasteiger partial charge in [-0.05, 0) is 18.9 Å². The lowest BCUT2D eigenvalue weighted by Crippen LogP contribution is -2.20. The fourth-order valence-electron chi connectivity index (χ4n) is 2.60. The molecule has 0 amide bonds. The molecule has 7 nitrogen and oxygen atoms in total. The lowest BCUT2D eigenvalue weighted by atomic mass is 10.3. The SMILES string of the molecule is Cn1cc(NCc2cnc(N3CCCC3)nc2)cc1C(=O)O. The summed E-state index contributed by atoms with van der Waals surface area (Å²) in [7, 11) is 1.71. The quantitative estimate of drug-likeness (QED) is 0.875. The third kappa shape index (κ3) is 3.03. The molecule has 2 aromatic heterocycles. The summed E-state index contributed by atoms with van der Waals surface area (Å²) >= 11 is 0. The van der Waals surface area contributed by atoms with Gasteiger partial charge in [0.15, 0.2) is 0 Å². The minimum Gasteiger partial charge on any atom is -0.477 e. The average molecular weight is 301 g/mol. The molecule has 2 N–H and O–H groups in total. The lowest BCUT2D eigenvalue weighted by molar-refractivity contribution is 0.0686. The molecule has 1 fully saturated rings. The Morgan fingerprint density at radius 1 is 1.32 bits per heavy atom. The third-order valence-electron chi connectivity index (χ3n) is 3.80. The van der Waals surface area contributed by atoms with E-state index in [2.05, 4.69) is 20.2 Å². The van der Waals surface area contributed by atoms with Gasteiger partial charge in [-0.1, -0.05) is 0 Å². The first-order valence-electron chi connectivity index (χ1n) is 7.33. The van der Waals surface area contributed by atoms with E-state index in [9.17, 15) is 4.79 Å². The predicted octanol–water partition coefficient (Wildman–Crippen LogP) is 1.73. The van der Waals surface area contributed by atoms with Crippen LogP contribution in [0.15, 0.2) is 24.7 Å². The molecular formula is C15H19N5O2. The summed E-state index contributed by atoms with van der Waals surface area (Å²) in [6.45, 7) is 2.61. The van der Waals surface area contributed by atoms with Crippen molar-refractivity contribution in [1.29, 1.82) is 0 Å². The number of hydrogen-bond acceptors (Lipinski definition) is 5. The van der Waals surface area contributed by atoms with Crippen LogP contribution in [0.25, 0.3) is 0 Å². The molecule has 3 rings (SSSR count). The molecule has 0 spiro atoms. The molecule has 0 atom stereocenters. The summed E-state index contributed by atoms with van der Waals surface area (Å²) in [5.41, 5.74) is 1.98. The van der Waals surface area contributed by atoms with Gasteiger partial charge in [-0.3, -0.25) is 0 Å². The van der Waals surface area contributed by atoms with E-state index in [0.29, 0.717) is 6.54 Å². The maximum absolute atomic E-state index is 11.0. The van der Waals surface area contributed by atoms with Crippen molar-refractivity contribution in [1.82, 2.24) is 14.5 Å². The van der Waals surface area contributed by atoms with Crippen LogP contribution >= 0.6 is 0 Å². The maximum atomic E-state index is 11.0. The number of anilines is 2. The number of carboxylic acids is 1. The second-order valence-corrected chi connectivity index (χ2v) is 5.47. The molecule has 1 aliphatic heterocycles. The second-order valence-electron chi connectivity index (χ2n) is 5.47. The Morgan fingerprint density at radius 2 is 2.00 bits per heavy atom. The van der Waals surface area contributed by atoms with Crippen molar-refractivity contribution >= 4 is 17.6 Å². The molecule has 0 bridgehead atoms. The maximum Gasteiger partial charge on any atom is 0.352 e. The molecule has 0 unspecified atom stereocenters.